The Labute approximate surface area is 128 Å². The summed E-state index contributed by atoms with van der Waals surface area (Å²) >= 11 is 6.04. The number of hydrogen-bond donors (Lipinski definition) is 2. The molecule has 0 aromatic carbocycles. The van der Waals surface area contributed by atoms with Gasteiger partial charge in [0, 0.05) is 18.9 Å². The van der Waals surface area contributed by atoms with Gasteiger partial charge in [-0.2, -0.15) is 5.26 Å². The van der Waals surface area contributed by atoms with Crippen molar-refractivity contribution in [3.63, 3.8) is 0 Å². The zero-order valence-electron chi connectivity index (χ0n) is 11.5. The molecule has 0 radical (unpaired) electrons. The first-order chi connectivity index (χ1) is 10.2. The summed E-state index contributed by atoms with van der Waals surface area (Å²) in [5, 5.41) is 12.4. The lowest BCUT2D eigenvalue weighted by Crippen LogP contribution is -2.04. The summed E-state index contributed by atoms with van der Waals surface area (Å²) in [6.07, 6.45) is 6.21. The van der Waals surface area contributed by atoms with Gasteiger partial charge in [0.25, 0.3) is 0 Å². The van der Waals surface area contributed by atoms with Crippen molar-refractivity contribution < 1.29 is 0 Å². The quantitative estimate of drug-likeness (QED) is 0.801. The number of aryl methyl sites for hydroxylation is 1. The van der Waals surface area contributed by atoms with Crippen molar-refractivity contribution in [2.75, 3.05) is 17.6 Å². The zero-order chi connectivity index (χ0) is 15.1. The van der Waals surface area contributed by atoms with Gasteiger partial charge in [-0.15, -0.1) is 0 Å². The number of hydrogen-bond acceptors (Lipinski definition) is 5. The van der Waals surface area contributed by atoms with Crippen molar-refractivity contribution >= 4 is 23.2 Å². The molecule has 0 aliphatic heterocycles. The molecule has 0 bridgehead atoms. The summed E-state index contributed by atoms with van der Waals surface area (Å²) in [5.41, 5.74) is 7.29. The van der Waals surface area contributed by atoms with Crippen molar-refractivity contribution in [1.82, 2.24) is 9.97 Å². The minimum atomic E-state index is 0.459. The molecule has 21 heavy (non-hydrogen) atoms. The van der Waals surface area contributed by atoms with Crippen LogP contribution < -0.4 is 11.1 Å². The van der Waals surface area contributed by atoms with Gasteiger partial charge in [0.2, 0.25) is 0 Å². The van der Waals surface area contributed by atoms with E-state index in [4.69, 9.17) is 22.6 Å². The SMILES string of the molecule is N#Cc1cnc(NCCCCc2ccnc(N)c2)c(Cl)c1. The van der Waals surface area contributed by atoms with Crippen LogP contribution in [0.5, 0.6) is 0 Å². The van der Waals surface area contributed by atoms with E-state index in [1.165, 1.54) is 11.8 Å². The first-order valence-corrected chi connectivity index (χ1v) is 7.07. The molecule has 0 aliphatic carbocycles. The molecule has 6 heteroatoms. The van der Waals surface area contributed by atoms with Crippen LogP contribution in [0, 0.1) is 11.3 Å². The molecule has 108 valence electrons. The highest BCUT2D eigenvalue weighted by Gasteiger charge is 2.02. The van der Waals surface area contributed by atoms with E-state index in [-0.39, 0.29) is 0 Å². The standard InChI is InChI=1S/C15H16ClN5/c16-13-7-12(9-17)10-21-15(13)20-5-2-1-3-11-4-6-19-14(18)8-11/h4,6-8,10H,1-3,5H2,(H2,18,19)(H,20,21). The zero-order valence-corrected chi connectivity index (χ0v) is 12.3. The highest BCUT2D eigenvalue weighted by atomic mass is 35.5. The molecule has 3 N–H and O–H groups in total. The molecule has 0 spiro atoms. The Morgan fingerprint density at radius 3 is 2.86 bits per heavy atom. The van der Waals surface area contributed by atoms with Crippen LogP contribution >= 0.6 is 11.6 Å². The van der Waals surface area contributed by atoms with Gasteiger partial charge in [0.1, 0.15) is 17.7 Å². The number of aromatic nitrogens is 2. The first kappa shape index (κ1) is 15.1. The van der Waals surface area contributed by atoms with E-state index in [1.807, 2.05) is 18.2 Å². The summed E-state index contributed by atoms with van der Waals surface area (Å²) < 4.78 is 0. The van der Waals surface area contributed by atoms with Crippen LogP contribution in [0.15, 0.2) is 30.6 Å². The second-order valence-corrected chi connectivity index (χ2v) is 5.05. The maximum absolute atomic E-state index is 8.74. The summed E-state index contributed by atoms with van der Waals surface area (Å²) in [6.45, 7) is 0.777. The highest BCUT2D eigenvalue weighted by molar-refractivity contribution is 6.33. The van der Waals surface area contributed by atoms with Crippen LogP contribution in [0.25, 0.3) is 0 Å². The second-order valence-electron chi connectivity index (χ2n) is 4.64. The Balaban J connectivity index is 1.74. The van der Waals surface area contributed by atoms with Crippen LogP contribution in [-0.2, 0) is 6.42 Å². The molecule has 0 aliphatic rings. The van der Waals surface area contributed by atoms with Gasteiger partial charge in [-0.3, -0.25) is 0 Å². The number of anilines is 2. The third-order valence-electron chi connectivity index (χ3n) is 3.00. The third kappa shape index (κ3) is 4.62. The summed E-state index contributed by atoms with van der Waals surface area (Å²) in [7, 11) is 0. The summed E-state index contributed by atoms with van der Waals surface area (Å²) in [4.78, 5) is 8.09. The number of nitrogens with zero attached hydrogens (tertiary/aromatic N) is 3. The first-order valence-electron chi connectivity index (χ1n) is 6.69. The molecule has 2 rings (SSSR count). The normalized spacial score (nSPS) is 10.1. The Bertz CT molecular complexity index is 651. The van der Waals surface area contributed by atoms with Crippen LogP contribution in [-0.4, -0.2) is 16.5 Å². The molecule has 2 heterocycles. The fraction of sp³-hybridized carbons (Fsp3) is 0.267. The Hall–Kier alpha value is -2.32. The highest BCUT2D eigenvalue weighted by Crippen LogP contribution is 2.19. The number of nitrogen functional groups attached to an aromatic ring is 1. The minimum absolute atomic E-state index is 0.459. The number of rotatable bonds is 6. The van der Waals surface area contributed by atoms with Gasteiger partial charge in [0.05, 0.1) is 10.6 Å². The number of halogens is 1. The Morgan fingerprint density at radius 2 is 2.14 bits per heavy atom. The molecule has 0 unspecified atom stereocenters. The van der Waals surface area contributed by atoms with E-state index >= 15 is 0 Å². The fourth-order valence-corrected chi connectivity index (χ4v) is 2.17. The summed E-state index contributed by atoms with van der Waals surface area (Å²) in [6, 6.07) is 7.48. The fourth-order valence-electron chi connectivity index (χ4n) is 1.94. The van der Waals surface area contributed by atoms with E-state index in [1.54, 1.807) is 12.3 Å². The number of nitriles is 1. The van der Waals surface area contributed by atoms with Crippen molar-refractivity contribution in [2.24, 2.45) is 0 Å². The number of nitrogens with one attached hydrogen (secondary N) is 1. The second kappa shape index (κ2) is 7.46. The van der Waals surface area contributed by atoms with E-state index in [0.29, 0.717) is 22.2 Å². The smallest absolute Gasteiger partial charge is 0.144 e. The van der Waals surface area contributed by atoms with Crippen LogP contribution in [0.3, 0.4) is 0 Å². The third-order valence-corrected chi connectivity index (χ3v) is 3.29. The van der Waals surface area contributed by atoms with Gasteiger partial charge < -0.3 is 11.1 Å². The average molecular weight is 302 g/mol. The molecule has 0 saturated heterocycles. The monoisotopic (exact) mass is 301 g/mol. The van der Waals surface area contributed by atoms with Crippen molar-refractivity contribution in [2.45, 2.75) is 19.3 Å². The Morgan fingerprint density at radius 1 is 1.29 bits per heavy atom. The van der Waals surface area contributed by atoms with Gasteiger partial charge >= 0.3 is 0 Å². The van der Waals surface area contributed by atoms with Gasteiger partial charge in [-0.25, -0.2) is 9.97 Å². The molecule has 5 nitrogen and oxygen atoms in total. The molecular weight excluding hydrogens is 286 g/mol. The van der Waals surface area contributed by atoms with Crippen LogP contribution in [0.4, 0.5) is 11.6 Å². The van der Waals surface area contributed by atoms with E-state index in [0.717, 1.165) is 25.8 Å². The molecule has 0 atom stereocenters. The van der Waals surface area contributed by atoms with Gasteiger partial charge in [-0.1, -0.05) is 11.6 Å². The maximum Gasteiger partial charge on any atom is 0.144 e. The van der Waals surface area contributed by atoms with Gasteiger partial charge in [0.15, 0.2) is 0 Å². The lowest BCUT2D eigenvalue weighted by Gasteiger charge is -2.07. The number of nitrogens with two attached hydrogens (primary N) is 1. The predicted octanol–water partition coefficient (Wildman–Crippen LogP) is 3.02. The number of pyridine rings is 2. The maximum atomic E-state index is 8.74. The molecule has 0 saturated carbocycles. The van der Waals surface area contributed by atoms with Crippen molar-refractivity contribution in [1.29, 1.82) is 5.26 Å². The minimum Gasteiger partial charge on any atom is -0.384 e. The average Bonchev–Trinajstić information content (AvgIpc) is 2.48. The lowest BCUT2D eigenvalue weighted by atomic mass is 10.1. The van der Waals surface area contributed by atoms with E-state index in [2.05, 4.69) is 15.3 Å². The molecule has 0 fully saturated rings. The topological polar surface area (TPSA) is 87.6 Å². The summed E-state index contributed by atoms with van der Waals surface area (Å²) in [5.74, 6) is 1.17. The number of unbranched alkanes of at least 4 members (excludes halogenated alkanes) is 1. The van der Waals surface area contributed by atoms with Gasteiger partial charge in [-0.05, 0) is 43.0 Å². The Kier molecular flexibility index (Phi) is 5.35. The van der Waals surface area contributed by atoms with Crippen LogP contribution in [0.2, 0.25) is 5.02 Å². The lowest BCUT2D eigenvalue weighted by molar-refractivity contribution is 0.761. The van der Waals surface area contributed by atoms with Crippen molar-refractivity contribution in [3.05, 3.63) is 46.7 Å². The van der Waals surface area contributed by atoms with E-state index < -0.39 is 0 Å². The molecular formula is C15H16ClN5. The molecule has 2 aromatic rings. The molecule has 0 amide bonds. The molecule has 2 aromatic heterocycles. The van der Waals surface area contributed by atoms with Crippen LogP contribution in [0.1, 0.15) is 24.0 Å². The largest absolute Gasteiger partial charge is 0.384 e. The van der Waals surface area contributed by atoms with Crippen molar-refractivity contribution in [3.8, 4) is 6.07 Å². The van der Waals surface area contributed by atoms with E-state index in [9.17, 15) is 0 Å². The predicted molar refractivity (Wildman–Crippen MR) is 84.0 cm³/mol.